The van der Waals surface area contributed by atoms with Crippen LogP contribution < -0.4 is 9.47 Å². The maximum Gasteiger partial charge on any atom is 0.511 e. The summed E-state index contributed by atoms with van der Waals surface area (Å²) in [5.41, 5.74) is -0.764. The lowest BCUT2D eigenvalue weighted by molar-refractivity contribution is -0.137. The van der Waals surface area contributed by atoms with Crippen molar-refractivity contribution in [3.8, 4) is 17.2 Å². The van der Waals surface area contributed by atoms with E-state index < -0.39 is 17.9 Å². The lowest BCUT2D eigenvalue weighted by Gasteiger charge is -2.09. The highest BCUT2D eigenvalue weighted by molar-refractivity contribution is 5.61. The zero-order chi connectivity index (χ0) is 15.5. The molecule has 21 heavy (non-hydrogen) atoms. The van der Waals surface area contributed by atoms with E-state index in [0.717, 1.165) is 12.1 Å². The molecule has 0 bridgehead atoms. The van der Waals surface area contributed by atoms with E-state index in [0.29, 0.717) is 5.75 Å². The molecule has 0 heterocycles. The lowest BCUT2D eigenvalue weighted by atomic mass is 10.2. The van der Waals surface area contributed by atoms with E-state index in [4.69, 9.17) is 9.84 Å². The van der Waals surface area contributed by atoms with E-state index >= 15 is 0 Å². The fourth-order valence-electron chi connectivity index (χ4n) is 1.52. The van der Waals surface area contributed by atoms with Gasteiger partial charge in [-0.15, -0.1) is 0 Å². The first-order valence-electron chi connectivity index (χ1n) is 5.70. The van der Waals surface area contributed by atoms with Gasteiger partial charge in [0.15, 0.2) is 0 Å². The number of alkyl halides is 3. The van der Waals surface area contributed by atoms with Gasteiger partial charge < -0.3 is 14.6 Å². The molecular formula is C14H9F3O4. The molecule has 0 radical (unpaired) electrons. The van der Waals surface area contributed by atoms with Crippen molar-refractivity contribution in [3.05, 3.63) is 54.1 Å². The Hall–Kier alpha value is -2.70. The zero-order valence-corrected chi connectivity index (χ0v) is 10.4. The molecule has 2 aromatic carbocycles. The number of hydrogen-bond acceptors (Lipinski definition) is 3. The first-order valence-corrected chi connectivity index (χ1v) is 5.70. The van der Waals surface area contributed by atoms with Gasteiger partial charge in [0.25, 0.3) is 0 Å². The maximum absolute atomic E-state index is 12.4. The lowest BCUT2D eigenvalue weighted by Crippen LogP contribution is -2.04. The average molecular weight is 298 g/mol. The minimum Gasteiger partial charge on any atom is -0.457 e. The molecule has 0 aliphatic carbocycles. The number of halogens is 3. The molecule has 0 spiro atoms. The molecule has 0 unspecified atom stereocenters. The van der Waals surface area contributed by atoms with Crippen molar-refractivity contribution in [1.29, 1.82) is 0 Å². The first kappa shape index (κ1) is 14.7. The van der Waals surface area contributed by atoms with Gasteiger partial charge in [-0.1, -0.05) is 0 Å². The largest absolute Gasteiger partial charge is 0.511 e. The Bertz CT molecular complexity index is 618. The number of benzene rings is 2. The summed E-state index contributed by atoms with van der Waals surface area (Å²) < 4.78 is 46.9. The summed E-state index contributed by atoms with van der Waals surface area (Å²) >= 11 is 0. The molecule has 110 valence electrons. The Morgan fingerprint density at radius 3 is 1.71 bits per heavy atom. The maximum atomic E-state index is 12.4. The molecule has 0 aliphatic rings. The van der Waals surface area contributed by atoms with Crippen LogP contribution in [0.2, 0.25) is 0 Å². The van der Waals surface area contributed by atoms with Crippen molar-refractivity contribution in [1.82, 2.24) is 0 Å². The summed E-state index contributed by atoms with van der Waals surface area (Å²) in [4.78, 5) is 10.3. The van der Waals surface area contributed by atoms with Gasteiger partial charge in [0.2, 0.25) is 0 Å². The van der Waals surface area contributed by atoms with Crippen LogP contribution in [0.3, 0.4) is 0 Å². The van der Waals surface area contributed by atoms with Gasteiger partial charge in [0, 0.05) is 0 Å². The SMILES string of the molecule is O=C(O)Oc1ccc(Oc2ccc(C(F)(F)F)cc2)cc1. The van der Waals surface area contributed by atoms with Gasteiger partial charge in [-0.2, -0.15) is 13.2 Å². The second-order valence-corrected chi connectivity index (χ2v) is 3.96. The van der Waals surface area contributed by atoms with Gasteiger partial charge in [-0.3, -0.25) is 0 Å². The predicted octanol–water partition coefficient (Wildman–Crippen LogP) is 4.55. The van der Waals surface area contributed by atoms with Gasteiger partial charge in [-0.05, 0) is 48.5 Å². The molecule has 0 atom stereocenters. The topological polar surface area (TPSA) is 55.8 Å². The molecule has 0 aliphatic heterocycles. The predicted molar refractivity (Wildman–Crippen MR) is 66.6 cm³/mol. The summed E-state index contributed by atoms with van der Waals surface area (Å²) in [5, 5.41) is 8.42. The van der Waals surface area contributed by atoms with E-state index in [1.54, 1.807) is 0 Å². The van der Waals surface area contributed by atoms with Crippen LogP contribution in [0.5, 0.6) is 17.2 Å². The number of carbonyl (C=O) groups is 1. The second kappa shape index (κ2) is 5.74. The third-order valence-corrected chi connectivity index (χ3v) is 2.45. The standard InChI is InChI=1S/C14H9F3O4/c15-14(16,17)9-1-3-10(4-2-9)20-11-5-7-12(8-6-11)21-13(18)19/h1-8H,(H,18,19). The van der Waals surface area contributed by atoms with Crippen molar-refractivity contribution in [2.45, 2.75) is 6.18 Å². The molecule has 0 saturated heterocycles. The molecule has 4 nitrogen and oxygen atoms in total. The fraction of sp³-hybridized carbons (Fsp3) is 0.0714. The smallest absolute Gasteiger partial charge is 0.457 e. The van der Waals surface area contributed by atoms with Gasteiger partial charge >= 0.3 is 12.3 Å². The van der Waals surface area contributed by atoms with Crippen LogP contribution in [-0.4, -0.2) is 11.3 Å². The van der Waals surface area contributed by atoms with Crippen molar-refractivity contribution in [2.24, 2.45) is 0 Å². The third kappa shape index (κ3) is 4.13. The number of rotatable bonds is 3. The van der Waals surface area contributed by atoms with Crippen molar-refractivity contribution < 1.29 is 32.5 Å². The van der Waals surface area contributed by atoms with Crippen LogP contribution >= 0.6 is 0 Å². The average Bonchev–Trinajstić information content (AvgIpc) is 2.40. The molecule has 0 aromatic heterocycles. The highest BCUT2D eigenvalue weighted by atomic mass is 19.4. The highest BCUT2D eigenvalue weighted by Gasteiger charge is 2.30. The number of ether oxygens (including phenoxy) is 2. The summed E-state index contributed by atoms with van der Waals surface area (Å²) in [6, 6.07) is 9.84. The quantitative estimate of drug-likeness (QED) is 0.667. The number of hydrogen-bond donors (Lipinski definition) is 1. The summed E-state index contributed by atoms with van der Waals surface area (Å²) in [6.45, 7) is 0. The van der Waals surface area contributed by atoms with Gasteiger partial charge in [0.1, 0.15) is 17.2 Å². The summed E-state index contributed by atoms with van der Waals surface area (Å²) in [7, 11) is 0. The molecule has 0 saturated carbocycles. The molecule has 0 fully saturated rings. The van der Waals surface area contributed by atoms with E-state index in [9.17, 15) is 18.0 Å². The van der Waals surface area contributed by atoms with E-state index in [1.807, 2.05) is 0 Å². The molecule has 7 heteroatoms. The molecular weight excluding hydrogens is 289 g/mol. The second-order valence-electron chi connectivity index (χ2n) is 3.96. The monoisotopic (exact) mass is 298 g/mol. The molecule has 0 amide bonds. The van der Waals surface area contributed by atoms with Crippen LogP contribution in [-0.2, 0) is 6.18 Å². The van der Waals surface area contributed by atoms with Crippen LogP contribution in [0.15, 0.2) is 48.5 Å². The minimum absolute atomic E-state index is 0.113. The van der Waals surface area contributed by atoms with Crippen LogP contribution in [0.1, 0.15) is 5.56 Å². The minimum atomic E-state index is -4.39. The van der Waals surface area contributed by atoms with E-state index in [-0.39, 0.29) is 11.5 Å². The normalized spacial score (nSPS) is 11.0. The Kier molecular flexibility index (Phi) is 4.02. The Balaban J connectivity index is 2.06. The highest BCUT2D eigenvalue weighted by Crippen LogP contribution is 2.31. The molecule has 2 aromatic rings. The van der Waals surface area contributed by atoms with E-state index in [2.05, 4.69) is 4.74 Å². The van der Waals surface area contributed by atoms with Gasteiger partial charge in [0.05, 0.1) is 5.56 Å². The van der Waals surface area contributed by atoms with Crippen LogP contribution in [0.4, 0.5) is 18.0 Å². The Morgan fingerprint density at radius 1 is 0.857 bits per heavy atom. The van der Waals surface area contributed by atoms with Crippen molar-refractivity contribution in [2.75, 3.05) is 0 Å². The Labute approximate surface area is 117 Å². The first-order chi connectivity index (χ1) is 9.84. The van der Waals surface area contributed by atoms with Crippen molar-refractivity contribution >= 4 is 6.16 Å². The molecule has 2 rings (SSSR count). The third-order valence-electron chi connectivity index (χ3n) is 2.45. The van der Waals surface area contributed by atoms with Crippen molar-refractivity contribution in [3.63, 3.8) is 0 Å². The fourth-order valence-corrected chi connectivity index (χ4v) is 1.52. The summed E-state index contributed by atoms with van der Waals surface area (Å²) in [6.07, 6.45) is -5.83. The zero-order valence-electron chi connectivity index (χ0n) is 10.4. The van der Waals surface area contributed by atoms with E-state index in [1.165, 1.54) is 36.4 Å². The molecule has 1 N–H and O–H groups in total. The van der Waals surface area contributed by atoms with Crippen LogP contribution in [0.25, 0.3) is 0 Å². The summed E-state index contributed by atoms with van der Waals surface area (Å²) in [5.74, 6) is 0.685. The van der Waals surface area contributed by atoms with Gasteiger partial charge in [-0.25, -0.2) is 4.79 Å². The Morgan fingerprint density at radius 2 is 1.29 bits per heavy atom. The van der Waals surface area contributed by atoms with Crippen LogP contribution in [0, 0.1) is 0 Å². The number of carboxylic acid groups (broad SMARTS) is 1.